The lowest BCUT2D eigenvalue weighted by molar-refractivity contribution is -0.135. The lowest BCUT2D eigenvalue weighted by atomic mass is 9.96. The smallest absolute Gasteiger partial charge is 0.224 e. The summed E-state index contributed by atoms with van der Waals surface area (Å²) in [5, 5.41) is 2.83. The van der Waals surface area contributed by atoms with E-state index in [0.717, 1.165) is 19.3 Å². The third-order valence-electron chi connectivity index (χ3n) is 3.96. The summed E-state index contributed by atoms with van der Waals surface area (Å²) in [6, 6.07) is 0. The van der Waals surface area contributed by atoms with E-state index in [2.05, 4.69) is 12.2 Å². The molecule has 2 amide bonds. The van der Waals surface area contributed by atoms with Gasteiger partial charge in [0, 0.05) is 32.5 Å². The van der Waals surface area contributed by atoms with Crippen LogP contribution in [0.1, 0.15) is 39.0 Å². The molecule has 0 aromatic heterocycles. The summed E-state index contributed by atoms with van der Waals surface area (Å²) in [5.41, 5.74) is 5.54. The highest BCUT2D eigenvalue weighted by molar-refractivity contribution is 5.79. The van der Waals surface area contributed by atoms with Crippen molar-refractivity contribution in [3.05, 3.63) is 0 Å². The molecular weight excluding hydrogens is 270 g/mol. The highest BCUT2D eigenvalue weighted by atomic mass is 16.5. The Labute approximate surface area is 127 Å². The summed E-state index contributed by atoms with van der Waals surface area (Å²) in [4.78, 5) is 25.4. The van der Waals surface area contributed by atoms with Gasteiger partial charge in [-0.3, -0.25) is 9.59 Å². The third kappa shape index (κ3) is 7.43. The lowest BCUT2D eigenvalue weighted by Gasteiger charge is -2.26. The molecule has 0 saturated carbocycles. The van der Waals surface area contributed by atoms with Gasteiger partial charge in [0.2, 0.25) is 11.8 Å². The van der Waals surface area contributed by atoms with Crippen molar-refractivity contribution in [2.75, 3.05) is 39.4 Å². The number of nitrogens with two attached hydrogens (primary N) is 1. The Hall–Kier alpha value is -1.14. The van der Waals surface area contributed by atoms with Crippen LogP contribution in [-0.4, -0.2) is 56.1 Å². The van der Waals surface area contributed by atoms with Crippen molar-refractivity contribution in [2.24, 2.45) is 11.7 Å². The maximum absolute atomic E-state index is 11.9. The first-order valence-electron chi connectivity index (χ1n) is 7.99. The summed E-state index contributed by atoms with van der Waals surface area (Å²) in [6.07, 6.45) is 3.78. The Morgan fingerprint density at radius 1 is 1.24 bits per heavy atom. The monoisotopic (exact) mass is 299 g/mol. The predicted molar refractivity (Wildman–Crippen MR) is 81.7 cm³/mol. The van der Waals surface area contributed by atoms with Crippen LogP contribution in [0.3, 0.4) is 0 Å². The summed E-state index contributed by atoms with van der Waals surface area (Å²) < 4.78 is 5.20. The number of nitrogens with zero attached hydrogens (tertiary/aromatic N) is 1. The van der Waals surface area contributed by atoms with Crippen molar-refractivity contribution in [1.29, 1.82) is 0 Å². The van der Waals surface area contributed by atoms with E-state index in [9.17, 15) is 9.59 Å². The molecule has 0 aromatic rings. The first-order chi connectivity index (χ1) is 10.2. The topological polar surface area (TPSA) is 84.7 Å². The normalized spacial score (nSPS) is 16.6. The van der Waals surface area contributed by atoms with Crippen molar-refractivity contribution in [3.8, 4) is 0 Å². The summed E-state index contributed by atoms with van der Waals surface area (Å²) >= 11 is 0. The van der Waals surface area contributed by atoms with Gasteiger partial charge >= 0.3 is 0 Å². The van der Waals surface area contributed by atoms with E-state index >= 15 is 0 Å². The minimum atomic E-state index is 0.0280. The number of carbonyl (C=O) groups is 2. The Kier molecular flexibility index (Phi) is 9.01. The maximum Gasteiger partial charge on any atom is 0.224 e. The Morgan fingerprint density at radius 3 is 2.57 bits per heavy atom. The van der Waals surface area contributed by atoms with Gasteiger partial charge in [0.05, 0.1) is 13.2 Å². The molecule has 1 heterocycles. The van der Waals surface area contributed by atoms with Gasteiger partial charge in [0.1, 0.15) is 0 Å². The van der Waals surface area contributed by atoms with Crippen molar-refractivity contribution < 1.29 is 14.3 Å². The minimum Gasteiger partial charge on any atom is -0.378 e. The highest BCUT2D eigenvalue weighted by Gasteiger charge is 2.16. The van der Waals surface area contributed by atoms with Crippen LogP contribution in [0.5, 0.6) is 0 Å². The van der Waals surface area contributed by atoms with Crippen LogP contribution in [0.2, 0.25) is 0 Å². The van der Waals surface area contributed by atoms with Crippen LogP contribution in [0.15, 0.2) is 0 Å². The zero-order valence-corrected chi connectivity index (χ0v) is 13.1. The second-order valence-electron chi connectivity index (χ2n) is 5.48. The molecule has 122 valence electrons. The fourth-order valence-electron chi connectivity index (χ4n) is 2.49. The number of ether oxygens (including phenoxy) is 1. The van der Waals surface area contributed by atoms with Crippen LogP contribution in [0, 0.1) is 5.92 Å². The van der Waals surface area contributed by atoms with Crippen molar-refractivity contribution >= 4 is 11.8 Å². The molecule has 3 N–H and O–H groups in total. The van der Waals surface area contributed by atoms with Crippen LogP contribution in [0.4, 0.5) is 0 Å². The molecule has 1 unspecified atom stereocenters. The molecule has 1 rings (SSSR count). The summed E-state index contributed by atoms with van der Waals surface area (Å²) in [6.45, 7) is 5.75. The molecule has 21 heavy (non-hydrogen) atoms. The molecule has 1 aliphatic rings. The third-order valence-corrected chi connectivity index (χ3v) is 3.96. The van der Waals surface area contributed by atoms with Gasteiger partial charge in [0.15, 0.2) is 0 Å². The second-order valence-corrected chi connectivity index (χ2v) is 5.48. The zero-order valence-electron chi connectivity index (χ0n) is 13.1. The Bertz CT molecular complexity index is 317. The molecule has 1 atom stereocenters. The number of rotatable bonds is 9. The molecule has 0 bridgehead atoms. The molecule has 6 heteroatoms. The lowest BCUT2D eigenvalue weighted by Crippen LogP contribution is -2.42. The van der Waals surface area contributed by atoms with Gasteiger partial charge in [-0.2, -0.15) is 0 Å². The summed E-state index contributed by atoms with van der Waals surface area (Å²) in [5.74, 6) is 0.643. The van der Waals surface area contributed by atoms with Gasteiger partial charge in [-0.05, 0) is 25.3 Å². The van der Waals surface area contributed by atoms with Crippen LogP contribution in [0.25, 0.3) is 0 Å². The van der Waals surface area contributed by atoms with Crippen LogP contribution in [-0.2, 0) is 14.3 Å². The quantitative estimate of drug-likeness (QED) is 0.649. The average Bonchev–Trinajstić information content (AvgIpc) is 2.52. The Balaban J connectivity index is 2.10. The first-order valence-corrected chi connectivity index (χ1v) is 7.99. The number of amides is 2. The maximum atomic E-state index is 11.9. The van der Waals surface area contributed by atoms with E-state index in [1.165, 1.54) is 0 Å². The van der Waals surface area contributed by atoms with E-state index in [1.54, 1.807) is 4.90 Å². The summed E-state index contributed by atoms with van der Waals surface area (Å²) in [7, 11) is 0. The largest absolute Gasteiger partial charge is 0.378 e. The molecule has 1 fully saturated rings. The predicted octanol–water partition coefficient (Wildman–Crippen LogP) is 0.507. The van der Waals surface area contributed by atoms with E-state index in [0.29, 0.717) is 58.2 Å². The standard InChI is InChI=1S/C15H29N3O3/c1-2-13(5-7-16)3-4-14(19)17-8-6-15(20)18-9-11-21-12-10-18/h13H,2-12,16H2,1H3,(H,17,19). The Morgan fingerprint density at radius 2 is 1.95 bits per heavy atom. The van der Waals surface area contributed by atoms with E-state index in [4.69, 9.17) is 10.5 Å². The molecule has 0 radical (unpaired) electrons. The number of hydrogen-bond acceptors (Lipinski definition) is 4. The van der Waals surface area contributed by atoms with Gasteiger partial charge in [-0.15, -0.1) is 0 Å². The van der Waals surface area contributed by atoms with Gasteiger partial charge in [0.25, 0.3) is 0 Å². The molecule has 1 saturated heterocycles. The van der Waals surface area contributed by atoms with Gasteiger partial charge in [-0.1, -0.05) is 13.3 Å². The van der Waals surface area contributed by atoms with Gasteiger partial charge < -0.3 is 20.7 Å². The molecule has 0 spiro atoms. The first kappa shape index (κ1) is 17.9. The molecule has 0 aromatic carbocycles. The molecular formula is C15H29N3O3. The van der Waals surface area contributed by atoms with Crippen molar-refractivity contribution in [1.82, 2.24) is 10.2 Å². The number of hydrogen-bond donors (Lipinski definition) is 2. The van der Waals surface area contributed by atoms with E-state index in [1.807, 2.05) is 0 Å². The average molecular weight is 299 g/mol. The fraction of sp³-hybridized carbons (Fsp3) is 0.867. The number of morpholine rings is 1. The number of nitrogens with one attached hydrogen (secondary N) is 1. The van der Waals surface area contributed by atoms with Gasteiger partial charge in [-0.25, -0.2) is 0 Å². The zero-order chi connectivity index (χ0) is 15.5. The fourth-order valence-corrected chi connectivity index (χ4v) is 2.49. The molecule has 0 aliphatic carbocycles. The van der Waals surface area contributed by atoms with Crippen molar-refractivity contribution in [2.45, 2.75) is 39.0 Å². The van der Waals surface area contributed by atoms with Crippen LogP contribution < -0.4 is 11.1 Å². The highest BCUT2D eigenvalue weighted by Crippen LogP contribution is 2.14. The number of carbonyl (C=O) groups excluding carboxylic acids is 2. The van der Waals surface area contributed by atoms with Crippen LogP contribution >= 0.6 is 0 Å². The second kappa shape index (κ2) is 10.6. The molecule has 6 nitrogen and oxygen atoms in total. The van der Waals surface area contributed by atoms with E-state index < -0.39 is 0 Å². The van der Waals surface area contributed by atoms with Crippen molar-refractivity contribution in [3.63, 3.8) is 0 Å². The van der Waals surface area contributed by atoms with E-state index in [-0.39, 0.29) is 11.8 Å². The SMILES string of the molecule is CCC(CCN)CCC(=O)NCCC(=O)N1CCOCC1. The minimum absolute atomic E-state index is 0.0280. The molecule has 1 aliphatic heterocycles.